The number of carboxylic acids is 1. The third-order valence-electron chi connectivity index (χ3n) is 4.76. The fourth-order valence-corrected chi connectivity index (χ4v) is 3.69. The molecule has 1 N–H and O–H groups in total. The van der Waals surface area contributed by atoms with Crippen LogP contribution in [0.4, 0.5) is 0 Å². The van der Waals surface area contributed by atoms with Crippen LogP contribution in [0.1, 0.15) is 24.8 Å². The van der Waals surface area contributed by atoms with E-state index in [2.05, 4.69) is 4.90 Å². The Hall–Kier alpha value is -1.55. The summed E-state index contributed by atoms with van der Waals surface area (Å²) >= 11 is 0. The molecular weight excluding hydrogens is 266 g/mol. The summed E-state index contributed by atoms with van der Waals surface area (Å²) in [5, 5.41) is 8.73. The predicted molar refractivity (Wildman–Crippen MR) is 80.5 cm³/mol. The fraction of sp³-hybridized carbons (Fsp3) is 0.588. The number of likely N-dealkylation sites (tertiary alicyclic amines) is 1. The number of carbonyl (C=O) groups is 1. The van der Waals surface area contributed by atoms with Crippen molar-refractivity contribution in [3.63, 3.8) is 0 Å². The molecule has 114 valence electrons. The lowest BCUT2D eigenvalue weighted by Gasteiger charge is -2.17. The molecule has 1 saturated carbocycles. The minimum atomic E-state index is -0.803. The van der Waals surface area contributed by atoms with Gasteiger partial charge >= 0.3 is 5.97 Å². The van der Waals surface area contributed by atoms with Gasteiger partial charge in [0.25, 0.3) is 0 Å². The Kier molecular flexibility index (Phi) is 4.44. The van der Waals surface area contributed by atoms with Crippen molar-refractivity contribution in [2.75, 3.05) is 26.2 Å². The van der Waals surface area contributed by atoms with Gasteiger partial charge in [-0.25, -0.2) is 0 Å². The molecule has 0 amide bonds. The van der Waals surface area contributed by atoms with E-state index in [9.17, 15) is 4.79 Å². The number of rotatable bonds is 6. The van der Waals surface area contributed by atoms with Gasteiger partial charge in [0.1, 0.15) is 12.4 Å². The highest BCUT2D eigenvalue weighted by molar-refractivity contribution is 5.70. The summed E-state index contributed by atoms with van der Waals surface area (Å²) in [7, 11) is 0. The van der Waals surface area contributed by atoms with Gasteiger partial charge in [0.2, 0.25) is 0 Å². The molecule has 2 unspecified atom stereocenters. The Labute approximate surface area is 125 Å². The molecule has 4 nitrogen and oxygen atoms in total. The maximum Gasteiger partial charge on any atom is 0.307 e. The summed E-state index contributed by atoms with van der Waals surface area (Å²) in [5.41, 5.74) is 0.808. The zero-order valence-corrected chi connectivity index (χ0v) is 12.3. The summed E-state index contributed by atoms with van der Waals surface area (Å²) in [6.07, 6.45) is 4.30. The molecule has 1 aromatic carbocycles. The summed E-state index contributed by atoms with van der Waals surface area (Å²) in [5.74, 6) is 1.88. The minimum absolute atomic E-state index is 0.0663. The predicted octanol–water partition coefficient (Wildman–Crippen LogP) is 2.42. The monoisotopic (exact) mass is 289 g/mol. The van der Waals surface area contributed by atoms with Crippen molar-refractivity contribution >= 4 is 5.97 Å². The van der Waals surface area contributed by atoms with E-state index >= 15 is 0 Å². The van der Waals surface area contributed by atoms with E-state index in [1.54, 1.807) is 0 Å². The number of aliphatic carboxylic acids is 1. The number of carboxylic acid groups (broad SMARTS) is 1. The maximum atomic E-state index is 10.6. The van der Waals surface area contributed by atoms with Crippen LogP contribution in [-0.4, -0.2) is 42.2 Å². The van der Waals surface area contributed by atoms with Crippen molar-refractivity contribution < 1.29 is 14.6 Å². The van der Waals surface area contributed by atoms with E-state index in [1.807, 2.05) is 24.3 Å². The topological polar surface area (TPSA) is 49.8 Å². The van der Waals surface area contributed by atoms with Crippen molar-refractivity contribution in [1.29, 1.82) is 0 Å². The Balaban J connectivity index is 1.40. The number of nitrogens with zero attached hydrogens (tertiary/aromatic N) is 1. The number of hydrogen-bond acceptors (Lipinski definition) is 3. The van der Waals surface area contributed by atoms with Gasteiger partial charge in [-0.05, 0) is 42.4 Å². The molecule has 1 heterocycles. The average Bonchev–Trinajstić information content (AvgIpc) is 3.01. The molecule has 0 aromatic heterocycles. The number of hydrogen-bond donors (Lipinski definition) is 1. The molecule has 1 aliphatic carbocycles. The zero-order valence-electron chi connectivity index (χ0n) is 12.3. The van der Waals surface area contributed by atoms with E-state index in [1.165, 1.54) is 32.4 Å². The molecule has 4 heteroatoms. The number of ether oxygens (including phenoxy) is 1. The fourth-order valence-electron chi connectivity index (χ4n) is 3.69. The standard InChI is InChI=1S/C17H23NO3/c19-17(20)10-13-4-6-16(7-5-13)21-9-8-18-11-14-2-1-3-15(14)12-18/h4-7,14-15H,1-3,8-12H2,(H,19,20). The number of fused-ring (bicyclic) bond motifs is 1. The first-order valence-electron chi connectivity index (χ1n) is 7.86. The van der Waals surface area contributed by atoms with Crippen LogP contribution in [0.25, 0.3) is 0 Å². The SMILES string of the molecule is O=C(O)Cc1ccc(OCCN2CC3CCCC3C2)cc1. The first-order chi connectivity index (χ1) is 10.2. The molecule has 2 atom stereocenters. The zero-order chi connectivity index (χ0) is 14.7. The van der Waals surface area contributed by atoms with Crippen LogP contribution < -0.4 is 4.74 Å². The van der Waals surface area contributed by atoms with Crippen LogP contribution in [0.3, 0.4) is 0 Å². The molecule has 3 rings (SSSR count). The third kappa shape index (κ3) is 3.76. The first kappa shape index (κ1) is 14.4. The molecule has 1 aliphatic heterocycles. The lowest BCUT2D eigenvalue weighted by atomic mass is 10.0. The van der Waals surface area contributed by atoms with E-state index in [0.717, 1.165) is 29.7 Å². The highest BCUT2D eigenvalue weighted by atomic mass is 16.5. The van der Waals surface area contributed by atoms with Crippen molar-refractivity contribution in [2.45, 2.75) is 25.7 Å². The normalized spacial score (nSPS) is 25.0. The summed E-state index contributed by atoms with van der Waals surface area (Å²) in [6, 6.07) is 7.36. The Morgan fingerprint density at radius 3 is 2.48 bits per heavy atom. The van der Waals surface area contributed by atoms with E-state index in [0.29, 0.717) is 6.61 Å². The molecular formula is C17H23NO3. The van der Waals surface area contributed by atoms with Crippen LogP contribution in [0.5, 0.6) is 5.75 Å². The quantitative estimate of drug-likeness (QED) is 0.874. The molecule has 0 spiro atoms. The lowest BCUT2D eigenvalue weighted by molar-refractivity contribution is -0.136. The highest BCUT2D eigenvalue weighted by Gasteiger charge is 2.35. The Bertz CT molecular complexity index is 473. The number of benzene rings is 1. The summed E-state index contributed by atoms with van der Waals surface area (Å²) in [4.78, 5) is 13.1. The van der Waals surface area contributed by atoms with Crippen molar-refractivity contribution in [3.8, 4) is 5.75 Å². The van der Waals surface area contributed by atoms with E-state index < -0.39 is 5.97 Å². The average molecular weight is 289 g/mol. The lowest BCUT2D eigenvalue weighted by Crippen LogP contribution is -2.27. The van der Waals surface area contributed by atoms with Crippen LogP contribution in [-0.2, 0) is 11.2 Å². The second-order valence-corrected chi connectivity index (χ2v) is 6.27. The largest absolute Gasteiger partial charge is 0.492 e. The van der Waals surface area contributed by atoms with Gasteiger partial charge in [0.05, 0.1) is 6.42 Å². The van der Waals surface area contributed by atoms with Gasteiger partial charge in [0, 0.05) is 19.6 Å². The smallest absolute Gasteiger partial charge is 0.307 e. The van der Waals surface area contributed by atoms with Crippen LogP contribution in [0.2, 0.25) is 0 Å². The van der Waals surface area contributed by atoms with Crippen LogP contribution in [0.15, 0.2) is 24.3 Å². The van der Waals surface area contributed by atoms with Gasteiger partial charge in [-0.3, -0.25) is 9.69 Å². The van der Waals surface area contributed by atoms with Crippen molar-refractivity contribution in [2.24, 2.45) is 11.8 Å². The van der Waals surface area contributed by atoms with E-state index in [-0.39, 0.29) is 6.42 Å². The third-order valence-corrected chi connectivity index (χ3v) is 4.76. The molecule has 21 heavy (non-hydrogen) atoms. The highest BCUT2D eigenvalue weighted by Crippen LogP contribution is 2.37. The first-order valence-corrected chi connectivity index (χ1v) is 7.86. The maximum absolute atomic E-state index is 10.6. The van der Waals surface area contributed by atoms with Gasteiger partial charge < -0.3 is 9.84 Å². The Morgan fingerprint density at radius 2 is 1.86 bits per heavy atom. The minimum Gasteiger partial charge on any atom is -0.492 e. The van der Waals surface area contributed by atoms with Gasteiger partial charge in [-0.1, -0.05) is 18.6 Å². The van der Waals surface area contributed by atoms with E-state index in [4.69, 9.17) is 9.84 Å². The second-order valence-electron chi connectivity index (χ2n) is 6.27. The second kappa shape index (κ2) is 6.48. The molecule has 0 bridgehead atoms. The molecule has 1 saturated heterocycles. The van der Waals surface area contributed by atoms with Gasteiger partial charge in [-0.15, -0.1) is 0 Å². The molecule has 0 radical (unpaired) electrons. The van der Waals surface area contributed by atoms with Crippen molar-refractivity contribution in [3.05, 3.63) is 29.8 Å². The Morgan fingerprint density at radius 1 is 1.19 bits per heavy atom. The van der Waals surface area contributed by atoms with Crippen LogP contribution >= 0.6 is 0 Å². The molecule has 2 fully saturated rings. The molecule has 2 aliphatic rings. The van der Waals surface area contributed by atoms with Gasteiger partial charge in [-0.2, -0.15) is 0 Å². The summed E-state index contributed by atoms with van der Waals surface area (Å²) < 4.78 is 5.76. The summed E-state index contributed by atoms with van der Waals surface area (Å²) in [6.45, 7) is 4.18. The van der Waals surface area contributed by atoms with Crippen LogP contribution in [0, 0.1) is 11.8 Å². The molecule has 1 aromatic rings. The van der Waals surface area contributed by atoms with Gasteiger partial charge in [0.15, 0.2) is 0 Å². The van der Waals surface area contributed by atoms with Crippen molar-refractivity contribution in [1.82, 2.24) is 4.90 Å².